The summed E-state index contributed by atoms with van der Waals surface area (Å²) in [4.78, 5) is 0. The van der Waals surface area contributed by atoms with Crippen LogP contribution >= 0.6 is 0 Å². The molecule has 80 valence electrons. The lowest BCUT2D eigenvalue weighted by molar-refractivity contribution is -0.137. The van der Waals surface area contributed by atoms with E-state index in [1.54, 1.807) is 0 Å². The first-order valence-corrected chi connectivity index (χ1v) is 4.10. The molecule has 0 bridgehead atoms. The van der Waals surface area contributed by atoms with Gasteiger partial charge in [0.2, 0.25) is 0 Å². The van der Waals surface area contributed by atoms with Crippen LogP contribution in [-0.4, -0.2) is 6.54 Å². The minimum absolute atomic E-state index is 0.0335. The third kappa shape index (κ3) is 3.18. The van der Waals surface area contributed by atoms with Gasteiger partial charge in [0, 0.05) is 11.3 Å². The van der Waals surface area contributed by atoms with Gasteiger partial charge in [-0.25, -0.2) is 0 Å². The maximum atomic E-state index is 12.3. The molecule has 1 aromatic rings. The maximum Gasteiger partial charge on any atom is 0.416 e. The van der Waals surface area contributed by atoms with E-state index in [2.05, 4.69) is 11.8 Å². The van der Waals surface area contributed by atoms with E-state index in [-0.39, 0.29) is 17.8 Å². The van der Waals surface area contributed by atoms with Crippen molar-refractivity contribution in [2.75, 3.05) is 12.3 Å². The van der Waals surface area contributed by atoms with E-state index in [0.717, 1.165) is 12.1 Å². The predicted molar refractivity (Wildman–Crippen MR) is 51.8 cm³/mol. The second-order valence-corrected chi connectivity index (χ2v) is 2.85. The Labute approximate surface area is 85.1 Å². The Morgan fingerprint density at radius 2 is 1.87 bits per heavy atom. The summed E-state index contributed by atoms with van der Waals surface area (Å²) >= 11 is 0. The van der Waals surface area contributed by atoms with Gasteiger partial charge in [-0.05, 0) is 18.2 Å². The van der Waals surface area contributed by atoms with Crippen LogP contribution in [0.5, 0.6) is 0 Å². The van der Waals surface area contributed by atoms with Crippen LogP contribution in [0.1, 0.15) is 11.1 Å². The monoisotopic (exact) mass is 214 g/mol. The SMILES string of the molecule is NCC#Cc1cc(N)cc(C(F)(F)F)c1. The maximum absolute atomic E-state index is 12.3. The fourth-order valence-corrected chi connectivity index (χ4v) is 1.04. The number of rotatable bonds is 0. The Morgan fingerprint density at radius 1 is 1.20 bits per heavy atom. The van der Waals surface area contributed by atoms with Gasteiger partial charge in [-0.2, -0.15) is 13.2 Å². The summed E-state index contributed by atoms with van der Waals surface area (Å²) in [5.74, 6) is 4.97. The number of anilines is 1. The number of nitrogens with two attached hydrogens (primary N) is 2. The molecule has 0 saturated heterocycles. The average Bonchev–Trinajstić information content (AvgIpc) is 2.12. The van der Waals surface area contributed by atoms with E-state index in [0.29, 0.717) is 0 Å². The highest BCUT2D eigenvalue weighted by molar-refractivity contribution is 5.51. The smallest absolute Gasteiger partial charge is 0.399 e. The fourth-order valence-electron chi connectivity index (χ4n) is 1.04. The van der Waals surface area contributed by atoms with Crippen LogP contribution in [-0.2, 0) is 6.18 Å². The highest BCUT2D eigenvalue weighted by Gasteiger charge is 2.30. The Balaban J connectivity index is 3.17. The first-order chi connectivity index (χ1) is 6.93. The number of hydrogen-bond donors (Lipinski definition) is 2. The van der Waals surface area contributed by atoms with Gasteiger partial charge in [-0.15, -0.1) is 0 Å². The molecule has 15 heavy (non-hydrogen) atoms. The molecule has 0 aliphatic carbocycles. The standard InChI is InChI=1S/C10H9F3N2/c11-10(12,13)8-4-7(2-1-3-14)5-9(15)6-8/h4-6H,3,14-15H2. The molecule has 5 heteroatoms. The summed E-state index contributed by atoms with van der Waals surface area (Å²) in [6.07, 6.45) is -4.41. The summed E-state index contributed by atoms with van der Waals surface area (Å²) in [5, 5.41) is 0. The van der Waals surface area contributed by atoms with Gasteiger partial charge in [0.15, 0.2) is 0 Å². The van der Waals surface area contributed by atoms with Crippen molar-refractivity contribution in [2.24, 2.45) is 5.73 Å². The summed E-state index contributed by atoms with van der Waals surface area (Å²) in [6.45, 7) is 0.0934. The largest absolute Gasteiger partial charge is 0.416 e. The molecule has 1 aromatic carbocycles. The number of hydrogen-bond acceptors (Lipinski definition) is 2. The lowest BCUT2D eigenvalue weighted by atomic mass is 10.1. The van der Waals surface area contributed by atoms with Crippen molar-refractivity contribution in [1.29, 1.82) is 0 Å². The molecule has 0 atom stereocenters. The third-order valence-electron chi connectivity index (χ3n) is 1.62. The van der Waals surface area contributed by atoms with Crippen molar-refractivity contribution in [2.45, 2.75) is 6.18 Å². The predicted octanol–water partition coefficient (Wildman–Crippen LogP) is 1.60. The Bertz CT molecular complexity index is 413. The molecule has 0 radical (unpaired) electrons. The molecule has 0 fully saturated rings. The van der Waals surface area contributed by atoms with Crippen LogP contribution in [0.4, 0.5) is 18.9 Å². The van der Waals surface area contributed by atoms with Gasteiger partial charge >= 0.3 is 6.18 Å². The first-order valence-electron chi connectivity index (χ1n) is 4.10. The third-order valence-corrected chi connectivity index (χ3v) is 1.62. The molecule has 2 nitrogen and oxygen atoms in total. The van der Waals surface area contributed by atoms with E-state index in [9.17, 15) is 13.2 Å². The number of halogens is 3. The second kappa shape index (κ2) is 4.24. The number of nitrogen functional groups attached to an aromatic ring is 1. The Hall–Kier alpha value is -1.67. The molecule has 1 rings (SSSR count). The summed E-state index contributed by atoms with van der Waals surface area (Å²) < 4.78 is 37.0. The van der Waals surface area contributed by atoms with Crippen molar-refractivity contribution in [3.8, 4) is 11.8 Å². The minimum Gasteiger partial charge on any atom is -0.399 e. The summed E-state index contributed by atoms with van der Waals surface area (Å²) in [6, 6.07) is 3.19. The zero-order chi connectivity index (χ0) is 11.5. The van der Waals surface area contributed by atoms with Crippen LogP contribution < -0.4 is 11.5 Å². The Morgan fingerprint density at radius 3 is 2.40 bits per heavy atom. The second-order valence-electron chi connectivity index (χ2n) is 2.85. The van der Waals surface area contributed by atoms with Crippen molar-refractivity contribution >= 4 is 5.69 Å². The highest BCUT2D eigenvalue weighted by Crippen LogP contribution is 2.31. The van der Waals surface area contributed by atoms with Gasteiger partial charge in [-0.3, -0.25) is 0 Å². The zero-order valence-electron chi connectivity index (χ0n) is 7.73. The molecular formula is C10H9F3N2. The normalized spacial score (nSPS) is 10.7. The first kappa shape index (κ1) is 11.4. The van der Waals surface area contributed by atoms with Crippen LogP contribution in [0, 0.1) is 11.8 Å². The topological polar surface area (TPSA) is 52.0 Å². The van der Waals surface area contributed by atoms with E-state index in [1.165, 1.54) is 6.07 Å². The molecular weight excluding hydrogens is 205 g/mol. The molecule has 0 spiro atoms. The van der Waals surface area contributed by atoms with Crippen LogP contribution in [0.2, 0.25) is 0 Å². The summed E-state index contributed by atoms with van der Waals surface area (Å²) in [5.41, 5.74) is 9.89. The van der Waals surface area contributed by atoms with Gasteiger partial charge in [0.05, 0.1) is 12.1 Å². The van der Waals surface area contributed by atoms with Gasteiger partial charge in [-0.1, -0.05) is 11.8 Å². The molecule has 0 aromatic heterocycles. The van der Waals surface area contributed by atoms with Gasteiger partial charge in [0.1, 0.15) is 0 Å². The van der Waals surface area contributed by atoms with Crippen LogP contribution in [0.15, 0.2) is 18.2 Å². The fraction of sp³-hybridized carbons (Fsp3) is 0.200. The van der Waals surface area contributed by atoms with Crippen LogP contribution in [0.25, 0.3) is 0 Å². The lowest BCUT2D eigenvalue weighted by Crippen LogP contribution is -2.06. The van der Waals surface area contributed by atoms with E-state index >= 15 is 0 Å². The quantitative estimate of drug-likeness (QED) is 0.509. The minimum atomic E-state index is -4.41. The van der Waals surface area contributed by atoms with E-state index < -0.39 is 11.7 Å². The van der Waals surface area contributed by atoms with Crippen molar-refractivity contribution in [3.05, 3.63) is 29.3 Å². The molecule has 0 heterocycles. The molecule has 0 unspecified atom stereocenters. The summed E-state index contributed by atoms with van der Waals surface area (Å²) in [7, 11) is 0. The van der Waals surface area contributed by atoms with Gasteiger partial charge < -0.3 is 11.5 Å². The zero-order valence-corrected chi connectivity index (χ0v) is 7.73. The Kier molecular flexibility index (Phi) is 3.22. The molecule has 0 aliphatic heterocycles. The van der Waals surface area contributed by atoms with Gasteiger partial charge in [0.25, 0.3) is 0 Å². The molecule has 0 aliphatic rings. The van der Waals surface area contributed by atoms with Crippen molar-refractivity contribution in [1.82, 2.24) is 0 Å². The van der Waals surface area contributed by atoms with E-state index in [4.69, 9.17) is 11.5 Å². The lowest BCUT2D eigenvalue weighted by Gasteiger charge is -2.07. The van der Waals surface area contributed by atoms with Crippen molar-refractivity contribution < 1.29 is 13.2 Å². The molecule has 4 N–H and O–H groups in total. The molecule has 0 saturated carbocycles. The molecule has 0 amide bonds. The highest BCUT2D eigenvalue weighted by atomic mass is 19.4. The van der Waals surface area contributed by atoms with Crippen LogP contribution in [0.3, 0.4) is 0 Å². The number of benzene rings is 1. The number of alkyl halides is 3. The average molecular weight is 214 g/mol. The van der Waals surface area contributed by atoms with E-state index in [1.807, 2.05) is 0 Å². The van der Waals surface area contributed by atoms with Crippen molar-refractivity contribution in [3.63, 3.8) is 0 Å².